The second kappa shape index (κ2) is 4.68. The van der Waals surface area contributed by atoms with E-state index in [0.29, 0.717) is 11.6 Å². The van der Waals surface area contributed by atoms with Crippen LogP contribution in [0.4, 0.5) is 5.82 Å². The van der Waals surface area contributed by atoms with Crippen molar-refractivity contribution in [3.63, 3.8) is 0 Å². The Morgan fingerprint density at radius 3 is 2.50 bits per heavy atom. The van der Waals surface area contributed by atoms with Gasteiger partial charge in [-0.3, -0.25) is 4.68 Å². The maximum atomic E-state index is 5.93. The topological polar surface area (TPSA) is 69.6 Å². The van der Waals surface area contributed by atoms with Gasteiger partial charge in [-0.25, -0.2) is 9.97 Å². The minimum absolute atomic E-state index is 0.278. The highest BCUT2D eigenvalue weighted by Gasteiger charge is 2.16. The van der Waals surface area contributed by atoms with E-state index >= 15 is 0 Å². The summed E-state index contributed by atoms with van der Waals surface area (Å²) in [5, 5.41) is 4.30. The van der Waals surface area contributed by atoms with E-state index in [1.54, 1.807) is 4.68 Å². The maximum Gasteiger partial charge on any atom is 0.165 e. The van der Waals surface area contributed by atoms with Gasteiger partial charge in [0.05, 0.1) is 21.4 Å². The summed E-state index contributed by atoms with van der Waals surface area (Å²) in [6.07, 6.45) is 1.90. The van der Waals surface area contributed by atoms with Crippen LogP contribution in [-0.4, -0.2) is 19.7 Å². The number of hydrogen-bond acceptors (Lipinski definition) is 4. The highest BCUT2D eigenvalue weighted by atomic mass is 79.9. The fourth-order valence-corrected chi connectivity index (χ4v) is 2.44. The Bertz CT molecular complexity index is 588. The number of nitrogens with two attached hydrogens (primary N) is 1. The third kappa shape index (κ3) is 2.25. The molecule has 5 nitrogen and oxygen atoms in total. The number of nitrogen functional groups attached to an aromatic ring is 1. The van der Waals surface area contributed by atoms with Crippen molar-refractivity contribution in [1.82, 2.24) is 19.7 Å². The van der Waals surface area contributed by atoms with Crippen LogP contribution in [0.5, 0.6) is 0 Å². The van der Waals surface area contributed by atoms with Gasteiger partial charge in [0.25, 0.3) is 0 Å². The molecular formula is C12H16BrN5. The van der Waals surface area contributed by atoms with Gasteiger partial charge in [0.1, 0.15) is 5.82 Å². The zero-order valence-electron chi connectivity index (χ0n) is 10.9. The molecule has 0 fully saturated rings. The second-order valence-electron chi connectivity index (χ2n) is 4.59. The number of aryl methyl sites for hydroxylation is 2. The van der Waals surface area contributed by atoms with Gasteiger partial charge in [0.15, 0.2) is 5.82 Å². The average molecular weight is 310 g/mol. The van der Waals surface area contributed by atoms with Gasteiger partial charge in [-0.15, -0.1) is 0 Å². The van der Waals surface area contributed by atoms with Crippen LogP contribution in [0.15, 0.2) is 10.7 Å². The van der Waals surface area contributed by atoms with Gasteiger partial charge >= 0.3 is 0 Å². The fourth-order valence-electron chi connectivity index (χ4n) is 1.80. The minimum Gasteiger partial charge on any atom is -0.383 e. The van der Waals surface area contributed by atoms with Gasteiger partial charge in [-0.1, -0.05) is 13.8 Å². The molecule has 0 aromatic carbocycles. The summed E-state index contributed by atoms with van der Waals surface area (Å²) in [6, 6.07) is 0. The molecule has 2 heterocycles. The molecule has 0 aliphatic rings. The molecule has 0 saturated heterocycles. The molecule has 0 unspecified atom stereocenters. The van der Waals surface area contributed by atoms with Crippen molar-refractivity contribution in [2.45, 2.75) is 26.7 Å². The van der Waals surface area contributed by atoms with Crippen molar-refractivity contribution < 1.29 is 0 Å². The summed E-state index contributed by atoms with van der Waals surface area (Å²) < 4.78 is 2.53. The number of anilines is 1. The van der Waals surface area contributed by atoms with Crippen molar-refractivity contribution in [3.8, 4) is 11.4 Å². The summed E-state index contributed by atoms with van der Waals surface area (Å²) in [6.45, 7) is 6.09. The Balaban J connectivity index is 2.62. The Labute approximate surface area is 115 Å². The highest BCUT2D eigenvalue weighted by molar-refractivity contribution is 9.10. The molecule has 0 amide bonds. The predicted molar refractivity (Wildman–Crippen MR) is 75.2 cm³/mol. The zero-order valence-corrected chi connectivity index (χ0v) is 12.5. The smallest absolute Gasteiger partial charge is 0.165 e. The first-order valence-electron chi connectivity index (χ1n) is 5.73. The Hall–Kier alpha value is -1.43. The monoisotopic (exact) mass is 309 g/mol. The second-order valence-corrected chi connectivity index (χ2v) is 5.38. The number of halogens is 1. The number of nitrogens with zero attached hydrogens (tertiary/aromatic N) is 4. The lowest BCUT2D eigenvalue weighted by molar-refractivity contribution is 0.756. The molecule has 2 aromatic rings. The van der Waals surface area contributed by atoms with Crippen molar-refractivity contribution in [2.24, 2.45) is 7.05 Å². The molecule has 2 rings (SSSR count). The molecule has 0 aliphatic heterocycles. The van der Waals surface area contributed by atoms with Gasteiger partial charge in [-0.2, -0.15) is 5.10 Å². The Kier molecular flexibility index (Phi) is 3.38. The summed E-state index contributed by atoms with van der Waals surface area (Å²) in [5.41, 5.74) is 8.66. The normalized spacial score (nSPS) is 11.2. The molecular weight excluding hydrogens is 294 g/mol. The van der Waals surface area contributed by atoms with Crippen LogP contribution in [0, 0.1) is 6.92 Å². The van der Waals surface area contributed by atoms with Crippen LogP contribution in [-0.2, 0) is 7.05 Å². The fraction of sp³-hybridized carbons (Fsp3) is 0.417. The van der Waals surface area contributed by atoms with E-state index in [4.69, 9.17) is 5.73 Å². The maximum absolute atomic E-state index is 5.93. The van der Waals surface area contributed by atoms with Crippen molar-refractivity contribution in [3.05, 3.63) is 22.1 Å². The lowest BCUT2D eigenvalue weighted by Crippen LogP contribution is -2.04. The summed E-state index contributed by atoms with van der Waals surface area (Å²) in [5.74, 6) is 1.37. The SMILES string of the molecule is Cc1nn(C)cc1-c1nc(N)c(Br)c(C(C)C)n1. The molecule has 2 N–H and O–H groups in total. The first kappa shape index (κ1) is 13.0. The summed E-state index contributed by atoms with van der Waals surface area (Å²) in [4.78, 5) is 8.91. The number of rotatable bonds is 2. The molecule has 0 spiro atoms. The van der Waals surface area contributed by atoms with Gasteiger partial charge < -0.3 is 5.73 Å². The van der Waals surface area contributed by atoms with Crippen molar-refractivity contribution in [2.75, 3.05) is 5.73 Å². The summed E-state index contributed by atoms with van der Waals surface area (Å²) >= 11 is 3.44. The first-order chi connectivity index (χ1) is 8.40. The van der Waals surface area contributed by atoms with Gasteiger partial charge in [0.2, 0.25) is 0 Å². The predicted octanol–water partition coefficient (Wildman–Crippen LogP) is 2.65. The van der Waals surface area contributed by atoms with E-state index in [2.05, 4.69) is 44.8 Å². The van der Waals surface area contributed by atoms with E-state index in [-0.39, 0.29) is 5.92 Å². The Morgan fingerprint density at radius 1 is 1.33 bits per heavy atom. The van der Waals surface area contributed by atoms with E-state index in [0.717, 1.165) is 21.4 Å². The summed E-state index contributed by atoms with van der Waals surface area (Å²) in [7, 11) is 1.88. The largest absolute Gasteiger partial charge is 0.383 e. The van der Waals surface area contributed by atoms with Gasteiger partial charge in [-0.05, 0) is 28.8 Å². The number of aromatic nitrogens is 4. The van der Waals surface area contributed by atoms with E-state index in [9.17, 15) is 0 Å². The first-order valence-corrected chi connectivity index (χ1v) is 6.53. The van der Waals surface area contributed by atoms with Crippen LogP contribution in [0.3, 0.4) is 0 Å². The van der Waals surface area contributed by atoms with Crippen LogP contribution in [0.2, 0.25) is 0 Å². The Morgan fingerprint density at radius 2 is 2.00 bits per heavy atom. The standard InChI is InChI=1S/C12H16BrN5/c1-6(2)10-9(13)11(14)16-12(15-10)8-5-18(4)17-7(8)3/h5-6H,1-4H3,(H2,14,15,16). The molecule has 0 aliphatic carbocycles. The molecule has 6 heteroatoms. The molecule has 0 bridgehead atoms. The van der Waals surface area contributed by atoms with Crippen molar-refractivity contribution in [1.29, 1.82) is 0 Å². The van der Waals surface area contributed by atoms with E-state index < -0.39 is 0 Å². The quantitative estimate of drug-likeness (QED) is 0.926. The number of hydrogen-bond donors (Lipinski definition) is 1. The van der Waals surface area contributed by atoms with Crippen LogP contribution >= 0.6 is 15.9 Å². The molecule has 96 valence electrons. The molecule has 0 saturated carbocycles. The van der Waals surface area contributed by atoms with Crippen LogP contribution in [0.25, 0.3) is 11.4 Å². The third-order valence-electron chi connectivity index (χ3n) is 2.70. The lowest BCUT2D eigenvalue weighted by Gasteiger charge is -2.11. The average Bonchev–Trinajstić information content (AvgIpc) is 2.61. The lowest BCUT2D eigenvalue weighted by atomic mass is 10.1. The van der Waals surface area contributed by atoms with Crippen LogP contribution < -0.4 is 5.73 Å². The molecule has 0 radical (unpaired) electrons. The zero-order chi connectivity index (χ0) is 13.4. The minimum atomic E-state index is 0.278. The van der Waals surface area contributed by atoms with Gasteiger partial charge in [0, 0.05) is 13.2 Å². The third-order valence-corrected chi connectivity index (χ3v) is 3.52. The molecule has 18 heavy (non-hydrogen) atoms. The van der Waals surface area contributed by atoms with Crippen LogP contribution in [0.1, 0.15) is 31.2 Å². The highest BCUT2D eigenvalue weighted by Crippen LogP contribution is 2.30. The molecule has 0 atom stereocenters. The van der Waals surface area contributed by atoms with E-state index in [1.165, 1.54) is 0 Å². The van der Waals surface area contributed by atoms with Crippen molar-refractivity contribution >= 4 is 21.7 Å². The van der Waals surface area contributed by atoms with E-state index in [1.807, 2.05) is 20.2 Å². The molecule has 2 aromatic heterocycles.